The van der Waals surface area contributed by atoms with Crippen LogP contribution in [0.2, 0.25) is 0 Å². The number of nitrogens with zero attached hydrogens (tertiary/aromatic N) is 2. The molecule has 0 radical (unpaired) electrons. The lowest BCUT2D eigenvalue weighted by atomic mass is 10.1. The van der Waals surface area contributed by atoms with Crippen LogP contribution in [0.3, 0.4) is 0 Å². The van der Waals surface area contributed by atoms with Gasteiger partial charge in [-0.25, -0.2) is 0 Å². The number of amides is 2. The van der Waals surface area contributed by atoms with E-state index < -0.39 is 0 Å². The summed E-state index contributed by atoms with van der Waals surface area (Å²) in [6.07, 6.45) is 0.838. The third-order valence-corrected chi connectivity index (χ3v) is 4.19. The number of hydrogen-bond acceptors (Lipinski definition) is 4. The summed E-state index contributed by atoms with van der Waals surface area (Å²) in [7, 11) is 0. The smallest absolute Gasteiger partial charge is 0.261 e. The van der Waals surface area contributed by atoms with Crippen LogP contribution in [0.1, 0.15) is 32.7 Å². The number of rotatable bonds is 4. The van der Waals surface area contributed by atoms with Gasteiger partial charge in [0.15, 0.2) is 0 Å². The predicted molar refractivity (Wildman–Crippen MR) is 80.5 cm³/mol. The van der Waals surface area contributed by atoms with Crippen LogP contribution in [0.25, 0.3) is 0 Å². The zero-order valence-corrected chi connectivity index (χ0v) is 12.4. The van der Waals surface area contributed by atoms with Gasteiger partial charge in [0.2, 0.25) is 0 Å². The van der Waals surface area contributed by atoms with Gasteiger partial charge in [0.1, 0.15) is 0 Å². The summed E-state index contributed by atoms with van der Waals surface area (Å²) in [4.78, 5) is 28.4. The van der Waals surface area contributed by atoms with Crippen molar-refractivity contribution in [3.05, 3.63) is 34.9 Å². The normalized spacial score (nSPS) is 19.2. The molecule has 2 heterocycles. The Bertz CT molecular complexity index is 565. The molecular formula is C16H21N3O2. The first-order chi connectivity index (χ1) is 10.2. The molecule has 2 aliphatic rings. The molecule has 21 heavy (non-hydrogen) atoms. The maximum atomic E-state index is 12.3. The zero-order valence-electron chi connectivity index (χ0n) is 12.4. The number of piperazine rings is 1. The molecule has 5 nitrogen and oxygen atoms in total. The molecule has 1 N–H and O–H groups in total. The standard InChI is InChI=1S/C16H21N3O2/c1-12-3-4-13-14(11-12)16(21)19(15(13)20)8-2-7-18-9-5-17-6-10-18/h3-4,11,17H,2,5-10H2,1H3. The fraction of sp³-hybridized carbons (Fsp3) is 0.500. The summed E-state index contributed by atoms with van der Waals surface area (Å²) in [5.74, 6) is -0.283. The van der Waals surface area contributed by atoms with Crippen LogP contribution in [0.15, 0.2) is 18.2 Å². The van der Waals surface area contributed by atoms with Crippen molar-refractivity contribution in [3.63, 3.8) is 0 Å². The first-order valence-corrected chi connectivity index (χ1v) is 7.57. The minimum Gasteiger partial charge on any atom is -0.314 e. The number of carbonyl (C=O) groups is 2. The van der Waals surface area contributed by atoms with Crippen molar-refractivity contribution in [1.82, 2.24) is 15.1 Å². The van der Waals surface area contributed by atoms with E-state index in [0.29, 0.717) is 17.7 Å². The van der Waals surface area contributed by atoms with E-state index in [-0.39, 0.29) is 11.8 Å². The molecule has 0 spiro atoms. The summed E-state index contributed by atoms with van der Waals surface area (Å²) < 4.78 is 0. The van der Waals surface area contributed by atoms with Gasteiger partial charge in [-0.1, -0.05) is 11.6 Å². The summed E-state index contributed by atoms with van der Waals surface area (Å²) in [6.45, 7) is 7.51. The van der Waals surface area contributed by atoms with Gasteiger partial charge < -0.3 is 10.2 Å². The number of nitrogens with one attached hydrogen (secondary N) is 1. The Labute approximate surface area is 124 Å². The molecule has 0 aliphatic carbocycles. The number of benzene rings is 1. The van der Waals surface area contributed by atoms with Crippen molar-refractivity contribution < 1.29 is 9.59 Å². The second kappa shape index (κ2) is 5.95. The largest absolute Gasteiger partial charge is 0.314 e. The lowest BCUT2D eigenvalue weighted by Gasteiger charge is -2.27. The van der Waals surface area contributed by atoms with Crippen LogP contribution in [-0.2, 0) is 0 Å². The van der Waals surface area contributed by atoms with Gasteiger partial charge in [0, 0.05) is 32.7 Å². The monoisotopic (exact) mass is 287 g/mol. The minimum atomic E-state index is -0.143. The van der Waals surface area contributed by atoms with E-state index in [0.717, 1.165) is 44.7 Å². The molecule has 1 aromatic rings. The lowest BCUT2D eigenvalue weighted by Crippen LogP contribution is -2.44. The molecule has 5 heteroatoms. The van der Waals surface area contributed by atoms with Crippen LogP contribution in [0.5, 0.6) is 0 Å². The van der Waals surface area contributed by atoms with E-state index in [1.807, 2.05) is 19.1 Å². The molecule has 0 atom stereocenters. The van der Waals surface area contributed by atoms with Crippen molar-refractivity contribution >= 4 is 11.8 Å². The molecule has 1 aromatic carbocycles. The van der Waals surface area contributed by atoms with E-state index in [1.54, 1.807) is 6.07 Å². The van der Waals surface area contributed by atoms with Crippen LogP contribution in [0.4, 0.5) is 0 Å². The minimum absolute atomic E-state index is 0.140. The molecule has 2 aliphatic heterocycles. The van der Waals surface area contributed by atoms with Gasteiger partial charge in [-0.3, -0.25) is 14.5 Å². The van der Waals surface area contributed by atoms with Gasteiger partial charge in [0.25, 0.3) is 11.8 Å². The molecule has 0 aromatic heterocycles. The van der Waals surface area contributed by atoms with Crippen molar-refractivity contribution in [2.75, 3.05) is 39.3 Å². The highest BCUT2D eigenvalue weighted by Gasteiger charge is 2.34. The van der Waals surface area contributed by atoms with Crippen molar-refractivity contribution in [3.8, 4) is 0 Å². The van der Waals surface area contributed by atoms with Crippen molar-refractivity contribution in [2.45, 2.75) is 13.3 Å². The van der Waals surface area contributed by atoms with Gasteiger partial charge in [-0.2, -0.15) is 0 Å². The molecule has 0 unspecified atom stereocenters. The number of fused-ring (bicyclic) bond motifs is 1. The van der Waals surface area contributed by atoms with Crippen LogP contribution in [-0.4, -0.2) is 60.9 Å². The zero-order chi connectivity index (χ0) is 14.8. The predicted octanol–water partition coefficient (Wildman–Crippen LogP) is 0.886. The topological polar surface area (TPSA) is 52.7 Å². The summed E-state index contributed by atoms with van der Waals surface area (Å²) >= 11 is 0. The molecule has 0 bridgehead atoms. The SMILES string of the molecule is Cc1ccc2c(c1)C(=O)N(CCCN1CCNCC1)C2=O. The third kappa shape index (κ3) is 2.84. The Kier molecular flexibility index (Phi) is 4.03. The first-order valence-electron chi connectivity index (χ1n) is 7.57. The van der Waals surface area contributed by atoms with Gasteiger partial charge in [0.05, 0.1) is 11.1 Å². The third-order valence-electron chi connectivity index (χ3n) is 4.19. The van der Waals surface area contributed by atoms with Gasteiger partial charge in [-0.05, 0) is 32.0 Å². The second-order valence-corrected chi connectivity index (χ2v) is 5.76. The maximum Gasteiger partial charge on any atom is 0.261 e. The highest BCUT2D eigenvalue weighted by atomic mass is 16.2. The van der Waals surface area contributed by atoms with Crippen LogP contribution in [0, 0.1) is 6.92 Å². The lowest BCUT2D eigenvalue weighted by molar-refractivity contribution is 0.0646. The molecular weight excluding hydrogens is 266 g/mol. The van der Waals surface area contributed by atoms with E-state index in [9.17, 15) is 9.59 Å². The van der Waals surface area contributed by atoms with Gasteiger partial charge in [-0.15, -0.1) is 0 Å². The van der Waals surface area contributed by atoms with E-state index >= 15 is 0 Å². The molecule has 1 saturated heterocycles. The van der Waals surface area contributed by atoms with E-state index in [1.165, 1.54) is 4.90 Å². The maximum absolute atomic E-state index is 12.3. The number of aryl methyl sites for hydroxylation is 1. The van der Waals surface area contributed by atoms with Crippen molar-refractivity contribution in [2.24, 2.45) is 0 Å². The summed E-state index contributed by atoms with van der Waals surface area (Å²) in [6, 6.07) is 5.46. The Hall–Kier alpha value is -1.72. The average molecular weight is 287 g/mol. The highest BCUT2D eigenvalue weighted by molar-refractivity contribution is 6.21. The Balaban J connectivity index is 1.59. The highest BCUT2D eigenvalue weighted by Crippen LogP contribution is 2.23. The van der Waals surface area contributed by atoms with Crippen LogP contribution < -0.4 is 5.32 Å². The molecule has 2 amide bonds. The molecule has 1 fully saturated rings. The summed E-state index contributed by atoms with van der Waals surface area (Å²) in [5, 5.41) is 3.32. The average Bonchev–Trinajstić information content (AvgIpc) is 2.73. The first kappa shape index (κ1) is 14.2. The van der Waals surface area contributed by atoms with Crippen LogP contribution >= 0.6 is 0 Å². The van der Waals surface area contributed by atoms with Crippen molar-refractivity contribution in [1.29, 1.82) is 0 Å². The van der Waals surface area contributed by atoms with E-state index in [4.69, 9.17) is 0 Å². The fourth-order valence-electron chi connectivity index (χ4n) is 2.99. The quantitative estimate of drug-likeness (QED) is 0.836. The van der Waals surface area contributed by atoms with E-state index in [2.05, 4.69) is 10.2 Å². The Morgan fingerprint density at radius 3 is 2.52 bits per heavy atom. The van der Waals surface area contributed by atoms with Gasteiger partial charge >= 0.3 is 0 Å². The molecule has 0 saturated carbocycles. The fourth-order valence-corrected chi connectivity index (χ4v) is 2.99. The number of imide groups is 1. The molecule has 3 rings (SSSR count). The number of carbonyl (C=O) groups excluding carboxylic acids is 2. The molecule has 112 valence electrons. The summed E-state index contributed by atoms with van der Waals surface area (Å²) in [5.41, 5.74) is 2.12. The Morgan fingerprint density at radius 2 is 1.76 bits per heavy atom. The second-order valence-electron chi connectivity index (χ2n) is 5.76. The number of hydrogen-bond donors (Lipinski definition) is 1. The Morgan fingerprint density at radius 1 is 1.05 bits per heavy atom.